The maximum Gasteiger partial charge on any atom is 0.359 e. The minimum Gasteiger partial charge on any atom is -0.461 e. The van der Waals surface area contributed by atoms with E-state index in [2.05, 4.69) is 10.1 Å². The average molecular weight is 460 g/mol. The second-order valence-corrected chi connectivity index (χ2v) is 7.83. The van der Waals surface area contributed by atoms with Crippen LogP contribution in [-0.2, 0) is 17.7 Å². The number of ether oxygens (including phenoxy) is 1. The largest absolute Gasteiger partial charge is 0.461 e. The highest BCUT2D eigenvalue weighted by atomic mass is 16.6. The molecular weight excluding hydrogens is 434 g/mol. The van der Waals surface area contributed by atoms with E-state index < -0.39 is 10.9 Å². The molecule has 9 heteroatoms. The van der Waals surface area contributed by atoms with Crippen LogP contribution in [0.2, 0.25) is 0 Å². The predicted molar refractivity (Wildman–Crippen MR) is 127 cm³/mol. The highest BCUT2D eigenvalue weighted by Crippen LogP contribution is 2.31. The van der Waals surface area contributed by atoms with Crippen LogP contribution in [-0.4, -0.2) is 36.8 Å². The molecule has 0 aliphatic carbocycles. The number of benzene rings is 2. The van der Waals surface area contributed by atoms with Gasteiger partial charge >= 0.3 is 11.8 Å². The molecule has 0 saturated carbocycles. The number of imidazole rings is 1. The summed E-state index contributed by atoms with van der Waals surface area (Å²) in [5, 5.41) is 16.1. The van der Waals surface area contributed by atoms with Crippen LogP contribution in [0.5, 0.6) is 0 Å². The molecule has 0 bridgehead atoms. The minimum absolute atomic E-state index is 0.0949. The van der Waals surface area contributed by atoms with Gasteiger partial charge in [0.15, 0.2) is 11.5 Å². The molecule has 0 atom stereocenters. The molecule has 0 radical (unpaired) electrons. The monoisotopic (exact) mass is 459 g/mol. The lowest BCUT2D eigenvalue weighted by Gasteiger charge is -2.11. The predicted octanol–water partition coefficient (Wildman–Crippen LogP) is 4.68. The number of hydrogen-bond donors (Lipinski definition) is 0. The first-order valence-electron chi connectivity index (χ1n) is 11.0. The van der Waals surface area contributed by atoms with Crippen molar-refractivity contribution in [1.82, 2.24) is 19.3 Å². The Bertz CT molecular complexity index is 1320. The lowest BCUT2D eigenvalue weighted by atomic mass is 10.0. The van der Waals surface area contributed by atoms with E-state index in [9.17, 15) is 14.9 Å². The quantitative estimate of drug-likeness (QED) is 0.215. The third kappa shape index (κ3) is 4.45. The lowest BCUT2D eigenvalue weighted by Crippen LogP contribution is -2.12. The number of carbonyl (C=O) groups excluding carboxylic acids is 1. The van der Waals surface area contributed by atoms with Gasteiger partial charge in [-0.05, 0) is 30.9 Å². The molecule has 0 aliphatic rings. The Morgan fingerprint density at radius 1 is 1.09 bits per heavy atom. The van der Waals surface area contributed by atoms with Crippen LogP contribution in [0.4, 0.5) is 5.82 Å². The molecule has 2 aromatic heterocycles. The number of aromatic nitrogens is 4. The van der Waals surface area contributed by atoms with Crippen molar-refractivity contribution >= 4 is 11.8 Å². The van der Waals surface area contributed by atoms with Gasteiger partial charge in [-0.15, -0.1) is 0 Å². The standard InChI is InChI=1S/C25H25N5O4/c1-4-34-25(31)23-21(14-15-28-18(3)26-16-22(28)30(32)33)24(19-12-10-17(2)11-13-19)29(27-23)20-8-6-5-7-9-20/h5-13,16H,4,14-15H2,1-3H3. The summed E-state index contributed by atoms with van der Waals surface area (Å²) in [6.45, 7) is 5.93. The van der Waals surface area contributed by atoms with Crippen LogP contribution < -0.4 is 0 Å². The van der Waals surface area contributed by atoms with E-state index in [4.69, 9.17) is 4.74 Å². The van der Waals surface area contributed by atoms with Crippen molar-refractivity contribution in [2.24, 2.45) is 0 Å². The molecule has 0 N–H and O–H groups in total. The van der Waals surface area contributed by atoms with Crippen molar-refractivity contribution in [3.8, 4) is 16.9 Å². The molecule has 2 heterocycles. The summed E-state index contributed by atoms with van der Waals surface area (Å²) in [6.07, 6.45) is 1.57. The van der Waals surface area contributed by atoms with E-state index in [1.165, 1.54) is 10.8 Å². The van der Waals surface area contributed by atoms with Gasteiger partial charge in [-0.3, -0.25) is 0 Å². The molecule has 9 nitrogen and oxygen atoms in total. The van der Waals surface area contributed by atoms with Crippen LogP contribution >= 0.6 is 0 Å². The SMILES string of the molecule is CCOC(=O)c1nn(-c2ccccc2)c(-c2ccc(C)cc2)c1CCn1c([N+](=O)[O-])cnc1C. The molecule has 2 aromatic carbocycles. The average Bonchev–Trinajstić information content (AvgIpc) is 3.39. The van der Waals surface area contributed by atoms with Gasteiger partial charge in [0.25, 0.3) is 0 Å². The first kappa shape index (κ1) is 22.9. The summed E-state index contributed by atoms with van der Waals surface area (Å²) in [6, 6.07) is 17.5. The number of aryl methyl sites for hydroxylation is 2. The zero-order valence-corrected chi connectivity index (χ0v) is 19.3. The van der Waals surface area contributed by atoms with Gasteiger partial charge in [0.2, 0.25) is 0 Å². The number of rotatable bonds is 8. The van der Waals surface area contributed by atoms with Gasteiger partial charge in [0.05, 0.1) is 24.5 Å². The van der Waals surface area contributed by atoms with Gasteiger partial charge in [0.1, 0.15) is 6.20 Å². The Morgan fingerprint density at radius 2 is 1.79 bits per heavy atom. The van der Waals surface area contributed by atoms with Gasteiger partial charge < -0.3 is 14.9 Å². The number of carbonyl (C=O) groups is 1. The molecule has 174 valence electrons. The summed E-state index contributed by atoms with van der Waals surface area (Å²) in [5.41, 5.74) is 4.38. The first-order chi connectivity index (χ1) is 16.4. The van der Waals surface area contributed by atoms with Crippen molar-refractivity contribution in [2.75, 3.05) is 6.61 Å². The third-order valence-corrected chi connectivity index (χ3v) is 5.58. The fourth-order valence-corrected chi connectivity index (χ4v) is 3.92. The fourth-order valence-electron chi connectivity index (χ4n) is 3.92. The van der Waals surface area contributed by atoms with Crippen molar-refractivity contribution in [3.63, 3.8) is 0 Å². The van der Waals surface area contributed by atoms with Crippen LogP contribution in [0.1, 0.15) is 34.4 Å². The molecular formula is C25H25N5O4. The van der Waals surface area contributed by atoms with E-state index in [0.717, 1.165) is 22.5 Å². The third-order valence-electron chi connectivity index (χ3n) is 5.58. The highest BCUT2D eigenvalue weighted by molar-refractivity contribution is 5.91. The van der Waals surface area contributed by atoms with Crippen LogP contribution in [0.15, 0.2) is 60.8 Å². The molecule has 0 aliphatic heterocycles. The van der Waals surface area contributed by atoms with Gasteiger partial charge in [-0.25, -0.2) is 19.0 Å². The first-order valence-corrected chi connectivity index (χ1v) is 11.0. The maximum absolute atomic E-state index is 12.9. The van der Waals surface area contributed by atoms with Crippen LogP contribution in [0, 0.1) is 24.0 Å². The molecule has 0 amide bonds. The number of nitro groups is 1. The summed E-state index contributed by atoms with van der Waals surface area (Å²) in [4.78, 5) is 28.0. The highest BCUT2D eigenvalue weighted by Gasteiger charge is 2.27. The summed E-state index contributed by atoms with van der Waals surface area (Å²) >= 11 is 0. The Hall–Kier alpha value is -4.27. The number of esters is 1. The van der Waals surface area contributed by atoms with E-state index in [-0.39, 0.29) is 24.7 Å². The smallest absolute Gasteiger partial charge is 0.359 e. The van der Waals surface area contributed by atoms with E-state index in [0.29, 0.717) is 17.8 Å². The van der Waals surface area contributed by atoms with E-state index in [1.807, 2.05) is 61.5 Å². The van der Waals surface area contributed by atoms with Gasteiger partial charge in [-0.1, -0.05) is 48.0 Å². The Morgan fingerprint density at radius 3 is 2.44 bits per heavy atom. The van der Waals surface area contributed by atoms with Crippen molar-refractivity contribution in [2.45, 2.75) is 33.7 Å². The topological polar surface area (TPSA) is 105 Å². The molecule has 4 rings (SSSR count). The maximum atomic E-state index is 12.9. The summed E-state index contributed by atoms with van der Waals surface area (Å²) in [7, 11) is 0. The Labute approximate surface area is 196 Å². The Kier molecular flexibility index (Phi) is 6.53. The molecule has 34 heavy (non-hydrogen) atoms. The fraction of sp³-hybridized carbons (Fsp3) is 0.240. The molecule has 0 fully saturated rings. The van der Waals surface area contributed by atoms with E-state index in [1.54, 1.807) is 18.5 Å². The van der Waals surface area contributed by atoms with Crippen molar-refractivity contribution in [1.29, 1.82) is 0 Å². The van der Waals surface area contributed by atoms with E-state index >= 15 is 0 Å². The van der Waals surface area contributed by atoms with Crippen LogP contribution in [0.3, 0.4) is 0 Å². The van der Waals surface area contributed by atoms with Gasteiger partial charge in [-0.2, -0.15) is 5.10 Å². The zero-order chi connectivity index (χ0) is 24.2. The second kappa shape index (κ2) is 9.70. The summed E-state index contributed by atoms with van der Waals surface area (Å²) < 4.78 is 8.58. The van der Waals surface area contributed by atoms with Crippen LogP contribution in [0.25, 0.3) is 16.9 Å². The lowest BCUT2D eigenvalue weighted by molar-refractivity contribution is -0.392. The Balaban J connectivity index is 1.89. The molecule has 0 saturated heterocycles. The number of hydrogen-bond acceptors (Lipinski definition) is 6. The van der Waals surface area contributed by atoms with Crippen molar-refractivity contribution < 1.29 is 14.5 Å². The summed E-state index contributed by atoms with van der Waals surface area (Å²) in [5.74, 6) is -0.100. The van der Waals surface area contributed by atoms with Gasteiger partial charge in [0, 0.05) is 24.5 Å². The molecule has 4 aromatic rings. The normalized spacial score (nSPS) is 10.9. The number of para-hydroxylation sites is 1. The minimum atomic E-state index is -0.530. The van der Waals surface area contributed by atoms with Crippen molar-refractivity contribution in [3.05, 3.63) is 93.6 Å². The zero-order valence-electron chi connectivity index (χ0n) is 19.3. The number of nitrogens with zero attached hydrogens (tertiary/aromatic N) is 5. The molecule has 0 unspecified atom stereocenters. The molecule has 0 spiro atoms. The second-order valence-electron chi connectivity index (χ2n) is 7.83.